The molecule has 0 aliphatic carbocycles. The number of para-hydroxylation sites is 1. The molecule has 0 radical (unpaired) electrons. The molecule has 1 aromatic carbocycles. The zero-order chi connectivity index (χ0) is 17.8. The van der Waals surface area contributed by atoms with E-state index >= 15 is 0 Å². The van der Waals surface area contributed by atoms with Crippen LogP contribution in [0.2, 0.25) is 0 Å². The maximum absolute atomic E-state index is 5.91. The third-order valence-electron chi connectivity index (χ3n) is 5.18. The van der Waals surface area contributed by atoms with E-state index in [1.807, 2.05) is 6.07 Å². The van der Waals surface area contributed by atoms with Crippen molar-refractivity contribution < 1.29 is 4.74 Å². The molecule has 5 heteroatoms. The Labute approximate surface area is 154 Å². The first-order valence-electron chi connectivity index (χ1n) is 9.57. The van der Waals surface area contributed by atoms with Crippen LogP contribution in [0.5, 0.6) is 5.75 Å². The number of nitrogens with one attached hydrogen (secondary N) is 1. The summed E-state index contributed by atoms with van der Waals surface area (Å²) in [5, 5.41) is 8.75. The number of nitrogens with zero attached hydrogens (tertiary/aromatic N) is 3. The fourth-order valence-corrected chi connectivity index (χ4v) is 3.79. The van der Waals surface area contributed by atoms with Crippen molar-refractivity contribution in [2.75, 3.05) is 19.7 Å². The topological polar surface area (TPSA) is 54.0 Å². The fraction of sp³-hybridized carbons (Fsp3) is 0.429. The van der Waals surface area contributed by atoms with Crippen molar-refractivity contribution >= 4 is 11.0 Å². The van der Waals surface area contributed by atoms with Crippen LogP contribution in [0.1, 0.15) is 43.4 Å². The average molecular weight is 350 g/mol. The van der Waals surface area contributed by atoms with Gasteiger partial charge in [0.25, 0.3) is 0 Å². The van der Waals surface area contributed by atoms with Crippen LogP contribution in [0.15, 0.2) is 42.6 Å². The van der Waals surface area contributed by atoms with E-state index in [0.717, 1.165) is 56.9 Å². The summed E-state index contributed by atoms with van der Waals surface area (Å²) in [4.78, 5) is 6.86. The van der Waals surface area contributed by atoms with E-state index in [0.29, 0.717) is 5.92 Å². The molecule has 0 unspecified atom stereocenters. The van der Waals surface area contributed by atoms with Crippen molar-refractivity contribution in [1.82, 2.24) is 20.1 Å². The lowest BCUT2D eigenvalue weighted by molar-refractivity contribution is 0.200. The molecule has 0 bridgehead atoms. The second-order valence-electron chi connectivity index (χ2n) is 7.02. The molecular weight excluding hydrogens is 324 g/mol. The summed E-state index contributed by atoms with van der Waals surface area (Å²) in [7, 11) is 0. The van der Waals surface area contributed by atoms with Crippen LogP contribution < -0.4 is 4.74 Å². The molecule has 3 heterocycles. The molecule has 0 atom stereocenters. The molecule has 4 rings (SSSR count). The van der Waals surface area contributed by atoms with Crippen LogP contribution in [-0.4, -0.2) is 39.8 Å². The Hall–Kier alpha value is -2.40. The minimum atomic E-state index is 0.534. The number of hydrogen-bond acceptors (Lipinski definition) is 4. The second-order valence-corrected chi connectivity index (χ2v) is 7.02. The van der Waals surface area contributed by atoms with E-state index in [1.54, 1.807) is 6.20 Å². The Morgan fingerprint density at radius 1 is 1.15 bits per heavy atom. The number of likely N-dealkylation sites (tertiary alicyclic amines) is 1. The monoisotopic (exact) mass is 350 g/mol. The molecule has 2 aromatic heterocycles. The molecule has 3 aromatic rings. The summed E-state index contributed by atoms with van der Waals surface area (Å²) in [5.74, 6) is 1.56. The van der Waals surface area contributed by atoms with Gasteiger partial charge in [-0.2, -0.15) is 5.10 Å². The predicted octanol–water partition coefficient (Wildman–Crippen LogP) is 4.13. The van der Waals surface area contributed by atoms with Crippen molar-refractivity contribution in [2.45, 2.75) is 38.6 Å². The minimum absolute atomic E-state index is 0.534. The highest BCUT2D eigenvalue weighted by Gasteiger charge is 2.24. The summed E-state index contributed by atoms with van der Waals surface area (Å²) in [6, 6.07) is 12.5. The molecule has 1 fully saturated rings. The van der Waals surface area contributed by atoms with Crippen LogP contribution in [0, 0.1) is 0 Å². The van der Waals surface area contributed by atoms with Gasteiger partial charge >= 0.3 is 0 Å². The zero-order valence-corrected chi connectivity index (χ0v) is 15.3. The quantitative estimate of drug-likeness (QED) is 0.726. The van der Waals surface area contributed by atoms with E-state index in [2.05, 4.69) is 57.3 Å². The van der Waals surface area contributed by atoms with Crippen molar-refractivity contribution in [1.29, 1.82) is 0 Å². The number of aromatic nitrogens is 3. The number of ether oxygens (including phenoxy) is 1. The SMILES string of the molecule is CCCOc1ccccc1CN1CCC(c2[nH]nc3ncccc23)CC1. The number of aromatic amines is 1. The van der Waals surface area contributed by atoms with Crippen LogP contribution in [0.25, 0.3) is 11.0 Å². The van der Waals surface area contributed by atoms with Crippen molar-refractivity contribution in [3.63, 3.8) is 0 Å². The van der Waals surface area contributed by atoms with E-state index in [-0.39, 0.29) is 0 Å². The van der Waals surface area contributed by atoms with Gasteiger partial charge in [0.05, 0.1) is 6.61 Å². The van der Waals surface area contributed by atoms with Gasteiger partial charge in [-0.15, -0.1) is 0 Å². The molecule has 0 amide bonds. The van der Waals surface area contributed by atoms with Gasteiger partial charge < -0.3 is 4.74 Å². The molecule has 26 heavy (non-hydrogen) atoms. The summed E-state index contributed by atoms with van der Waals surface area (Å²) in [6.45, 7) is 6.06. The maximum Gasteiger partial charge on any atom is 0.181 e. The number of rotatable bonds is 6. The number of piperidine rings is 1. The highest BCUT2D eigenvalue weighted by Crippen LogP contribution is 2.32. The summed E-state index contributed by atoms with van der Waals surface area (Å²) in [5.41, 5.74) is 3.36. The highest BCUT2D eigenvalue weighted by atomic mass is 16.5. The molecule has 136 valence electrons. The van der Waals surface area contributed by atoms with E-state index in [4.69, 9.17) is 4.74 Å². The first-order chi connectivity index (χ1) is 12.8. The number of pyridine rings is 1. The van der Waals surface area contributed by atoms with Crippen LogP contribution in [0.3, 0.4) is 0 Å². The predicted molar refractivity (Wildman–Crippen MR) is 103 cm³/mol. The number of H-pyrrole nitrogens is 1. The van der Waals surface area contributed by atoms with Gasteiger partial charge in [0.15, 0.2) is 5.65 Å². The van der Waals surface area contributed by atoms with Gasteiger partial charge in [0.2, 0.25) is 0 Å². The molecule has 5 nitrogen and oxygen atoms in total. The molecule has 0 saturated carbocycles. The Morgan fingerprint density at radius 3 is 2.85 bits per heavy atom. The average Bonchev–Trinajstić information content (AvgIpc) is 3.12. The Balaban J connectivity index is 1.40. The van der Waals surface area contributed by atoms with E-state index in [9.17, 15) is 0 Å². The van der Waals surface area contributed by atoms with E-state index < -0.39 is 0 Å². The van der Waals surface area contributed by atoms with Gasteiger partial charge in [-0.05, 0) is 50.6 Å². The summed E-state index contributed by atoms with van der Waals surface area (Å²) >= 11 is 0. The Bertz CT molecular complexity index is 852. The van der Waals surface area contributed by atoms with Gasteiger partial charge in [-0.1, -0.05) is 25.1 Å². The zero-order valence-electron chi connectivity index (χ0n) is 15.3. The first-order valence-corrected chi connectivity index (χ1v) is 9.57. The summed E-state index contributed by atoms with van der Waals surface area (Å²) < 4.78 is 5.91. The number of benzene rings is 1. The normalized spacial score (nSPS) is 16.2. The largest absolute Gasteiger partial charge is 0.493 e. The lowest BCUT2D eigenvalue weighted by Crippen LogP contribution is -2.32. The lowest BCUT2D eigenvalue weighted by atomic mass is 9.92. The Morgan fingerprint density at radius 2 is 2.00 bits per heavy atom. The first kappa shape index (κ1) is 17.0. The molecule has 1 aliphatic rings. The number of hydrogen-bond donors (Lipinski definition) is 1. The maximum atomic E-state index is 5.91. The van der Waals surface area contributed by atoms with Crippen molar-refractivity contribution in [2.24, 2.45) is 0 Å². The molecule has 0 spiro atoms. The lowest BCUT2D eigenvalue weighted by Gasteiger charge is -2.32. The van der Waals surface area contributed by atoms with E-state index in [1.165, 1.54) is 16.6 Å². The smallest absolute Gasteiger partial charge is 0.181 e. The minimum Gasteiger partial charge on any atom is -0.493 e. The van der Waals surface area contributed by atoms with Gasteiger partial charge in [-0.3, -0.25) is 10.00 Å². The van der Waals surface area contributed by atoms with Gasteiger partial charge in [0, 0.05) is 35.3 Å². The van der Waals surface area contributed by atoms with Crippen molar-refractivity contribution in [3.8, 4) is 5.75 Å². The van der Waals surface area contributed by atoms with Gasteiger partial charge in [-0.25, -0.2) is 4.98 Å². The number of fused-ring (bicyclic) bond motifs is 1. The third kappa shape index (κ3) is 3.58. The molecular formula is C21H26N4O. The van der Waals surface area contributed by atoms with Crippen LogP contribution in [0.4, 0.5) is 0 Å². The Kier molecular flexibility index (Phi) is 5.16. The van der Waals surface area contributed by atoms with Crippen LogP contribution in [-0.2, 0) is 6.54 Å². The molecule has 1 N–H and O–H groups in total. The van der Waals surface area contributed by atoms with Crippen LogP contribution >= 0.6 is 0 Å². The van der Waals surface area contributed by atoms with Gasteiger partial charge in [0.1, 0.15) is 5.75 Å². The summed E-state index contributed by atoms with van der Waals surface area (Å²) in [6.07, 6.45) is 5.12. The standard InChI is InChI=1S/C21H26N4O/c1-2-14-26-19-8-4-3-6-17(19)15-25-12-9-16(10-13-25)20-18-7-5-11-22-21(18)24-23-20/h3-8,11,16H,2,9-10,12-15H2,1H3,(H,22,23,24). The third-order valence-corrected chi connectivity index (χ3v) is 5.18. The van der Waals surface area contributed by atoms with Crippen molar-refractivity contribution in [3.05, 3.63) is 53.9 Å². The molecule has 1 saturated heterocycles. The highest BCUT2D eigenvalue weighted by molar-refractivity contribution is 5.77. The second kappa shape index (κ2) is 7.87. The molecule has 1 aliphatic heterocycles. The fourth-order valence-electron chi connectivity index (χ4n) is 3.79.